The van der Waals surface area contributed by atoms with E-state index >= 15 is 0 Å². The van der Waals surface area contributed by atoms with Crippen LogP contribution < -0.4 is 0 Å². The molecule has 0 radical (unpaired) electrons. The normalized spacial score (nSPS) is 14.1. The Hall–Kier alpha value is -2.98. The molecule has 0 heterocycles. The third-order valence-electron chi connectivity index (χ3n) is 17.8. The molecule has 0 aliphatic heterocycles. The van der Waals surface area contributed by atoms with Gasteiger partial charge in [0, 0.05) is 25.7 Å². The van der Waals surface area contributed by atoms with Crippen molar-refractivity contribution in [3.05, 3.63) is 48.6 Å². The number of hydrogen-bond donors (Lipinski definition) is 3. The van der Waals surface area contributed by atoms with Crippen LogP contribution in [-0.2, 0) is 65.4 Å². The summed E-state index contributed by atoms with van der Waals surface area (Å²) in [5, 5.41) is 10.6. The van der Waals surface area contributed by atoms with E-state index in [0.29, 0.717) is 32.1 Å². The van der Waals surface area contributed by atoms with Gasteiger partial charge in [-0.05, 0) is 64.2 Å². The van der Waals surface area contributed by atoms with E-state index in [0.717, 1.165) is 89.9 Å². The second kappa shape index (κ2) is 74.3. The SMILES string of the molecule is CCCCC/C=C\C/C=C\C/C=C\C/C=C\CCCC(=O)O[C@H](COC(=O)CCCCCCCCCCCCCCC)COP(=O)(O)OC[C@@H](O)COP(=O)(O)OC[C@@H](COC(=O)CCCCCCCCCCCCCCC)OC(=O)CCCCCCCCCCCCCCCCCCC. The molecule has 0 aliphatic rings. The van der Waals surface area contributed by atoms with Gasteiger partial charge < -0.3 is 33.8 Å². The van der Waals surface area contributed by atoms with Crippen molar-refractivity contribution in [1.29, 1.82) is 0 Å². The Labute approximate surface area is 610 Å². The van der Waals surface area contributed by atoms with Crippen molar-refractivity contribution in [3.63, 3.8) is 0 Å². The molecule has 0 fully saturated rings. The Balaban J connectivity index is 5.34. The fourth-order valence-electron chi connectivity index (χ4n) is 11.6. The Morgan fingerprint density at radius 2 is 0.500 bits per heavy atom. The molecule has 0 aromatic heterocycles. The van der Waals surface area contributed by atoms with Crippen molar-refractivity contribution in [1.82, 2.24) is 0 Å². The first-order valence-electron chi connectivity index (χ1n) is 40.9. The summed E-state index contributed by atoms with van der Waals surface area (Å²) in [6.45, 7) is 4.88. The molecule has 2 unspecified atom stereocenters. The number of allylic oxidation sites excluding steroid dienone is 8. The fraction of sp³-hybridized carbons (Fsp3) is 0.852. The number of phosphoric acid groups is 2. The van der Waals surface area contributed by atoms with Gasteiger partial charge in [0.1, 0.15) is 19.3 Å². The highest BCUT2D eigenvalue weighted by Gasteiger charge is 2.30. The minimum Gasteiger partial charge on any atom is -0.462 e. The molecule has 0 spiro atoms. The van der Waals surface area contributed by atoms with E-state index in [1.165, 1.54) is 212 Å². The Kier molecular flexibility index (Phi) is 72.1. The molecule has 0 amide bonds. The molecule has 0 bridgehead atoms. The molecule has 0 saturated carbocycles. The number of unbranched alkanes of at least 4 members (excludes halogenated alkanes) is 44. The van der Waals surface area contributed by atoms with E-state index in [4.69, 9.17) is 37.0 Å². The molecule has 0 rings (SSSR count). The van der Waals surface area contributed by atoms with Crippen LogP contribution in [0.1, 0.15) is 387 Å². The van der Waals surface area contributed by atoms with Gasteiger partial charge in [0.2, 0.25) is 0 Å². The third kappa shape index (κ3) is 73.3. The van der Waals surface area contributed by atoms with Crippen LogP contribution in [0.2, 0.25) is 0 Å². The highest BCUT2D eigenvalue weighted by atomic mass is 31.2. The summed E-state index contributed by atoms with van der Waals surface area (Å²) in [7, 11) is -9.95. The number of esters is 4. The van der Waals surface area contributed by atoms with Crippen LogP contribution in [0.3, 0.4) is 0 Å². The van der Waals surface area contributed by atoms with Crippen LogP contribution in [0.5, 0.6) is 0 Å². The van der Waals surface area contributed by atoms with E-state index in [1.54, 1.807) is 0 Å². The number of carbonyl (C=O) groups is 4. The van der Waals surface area contributed by atoms with Crippen LogP contribution in [0.4, 0.5) is 0 Å². The molecule has 0 saturated heterocycles. The van der Waals surface area contributed by atoms with Crippen LogP contribution in [0, 0.1) is 0 Å². The van der Waals surface area contributed by atoms with Gasteiger partial charge in [-0.2, -0.15) is 0 Å². The van der Waals surface area contributed by atoms with Gasteiger partial charge in [0.25, 0.3) is 0 Å². The van der Waals surface area contributed by atoms with Gasteiger partial charge in [-0.25, -0.2) is 9.13 Å². The summed E-state index contributed by atoms with van der Waals surface area (Å²) in [5.41, 5.74) is 0. The topological polar surface area (TPSA) is 237 Å². The van der Waals surface area contributed by atoms with Crippen molar-refractivity contribution in [3.8, 4) is 0 Å². The first-order valence-corrected chi connectivity index (χ1v) is 43.9. The van der Waals surface area contributed by atoms with E-state index in [9.17, 15) is 43.2 Å². The number of hydrogen-bond acceptors (Lipinski definition) is 15. The number of ether oxygens (including phenoxy) is 4. The Morgan fingerprint density at radius 3 is 0.790 bits per heavy atom. The molecule has 0 aromatic carbocycles. The quantitative estimate of drug-likeness (QED) is 0.0169. The Bertz CT molecular complexity index is 2080. The van der Waals surface area contributed by atoms with E-state index < -0.39 is 97.5 Å². The summed E-state index contributed by atoms with van der Waals surface area (Å²) >= 11 is 0. The lowest BCUT2D eigenvalue weighted by Gasteiger charge is -2.21. The monoisotopic (exact) mass is 1460 g/mol. The molecule has 586 valence electrons. The maximum absolute atomic E-state index is 13.1. The second-order valence-electron chi connectivity index (χ2n) is 27.7. The molecule has 100 heavy (non-hydrogen) atoms. The lowest BCUT2D eigenvalue weighted by Crippen LogP contribution is -2.30. The summed E-state index contributed by atoms with van der Waals surface area (Å²) in [6, 6.07) is 0. The highest BCUT2D eigenvalue weighted by molar-refractivity contribution is 7.47. The summed E-state index contributed by atoms with van der Waals surface area (Å²) < 4.78 is 68.6. The van der Waals surface area contributed by atoms with Gasteiger partial charge in [0.05, 0.1) is 26.4 Å². The molecule has 17 nitrogen and oxygen atoms in total. The number of aliphatic hydroxyl groups excluding tert-OH is 1. The van der Waals surface area contributed by atoms with Gasteiger partial charge in [-0.15, -0.1) is 0 Å². The Morgan fingerprint density at radius 1 is 0.280 bits per heavy atom. The van der Waals surface area contributed by atoms with Crippen LogP contribution in [0.15, 0.2) is 48.6 Å². The zero-order valence-electron chi connectivity index (χ0n) is 64.1. The minimum atomic E-state index is -4.98. The zero-order chi connectivity index (χ0) is 73.2. The standard InChI is InChI=1S/C81H150O17P2/c1-5-9-13-17-21-25-29-33-35-37-39-43-47-51-55-59-63-67-80(85)97-76(71-91-78(83)65-61-57-53-49-45-41-31-27-23-19-15-11-7-3)73-95-99(87,88)93-69-75(82)70-94-100(89,90)96-74-77(72-92-79(84)66-62-58-54-50-46-42-32-28-24-20-16-12-8-4)98-81(86)68-64-60-56-52-48-44-40-38-36-34-30-26-22-18-14-10-6-2/h21,25,33,35,39,43,51,55,75-77,82H,5-20,22-24,26-32,34,36-38,40-42,44-50,52-54,56-74H2,1-4H3,(H,87,88)(H,89,90)/b25-21-,35-33-,43-39-,55-51-/t75-,76-,77-/m1/s1. The average Bonchev–Trinajstić information content (AvgIpc) is 0.959. The first kappa shape index (κ1) is 97.0. The van der Waals surface area contributed by atoms with E-state index in [-0.39, 0.29) is 25.7 Å². The molecule has 0 aliphatic carbocycles. The van der Waals surface area contributed by atoms with E-state index in [2.05, 4.69) is 64.2 Å². The number of carbonyl (C=O) groups excluding carboxylic acids is 4. The lowest BCUT2D eigenvalue weighted by atomic mass is 10.0. The number of aliphatic hydroxyl groups is 1. The van der Waals surface area contributed by atoms with Gasteiger partial charge in [0.15, 0.2) is 12.2 Å². The van der Waals surface area contributed by atoms with Gasteiger partial charge in [-0.3, -0.25) is 37.3 Å². The molecule has 0 aromatic rings. The predicted molar refractivity (Wildman–Crippen MR) is 409 cm³/mol. The summed E-state index contributed by atoms with van der Waals surface area (Å²) in [5.74, 6) is -2.19. The van der Waals surface area contributed by atoms with Crippen LogP contribution in [-0.4, -0.2) is 96.7 Å². The van der Waals surface area contributed by atoms with Crippen LogP contribution in [0.25, 0.3) is 0 Å². The molecular weight excluding hydrogens is 1310 g/mol. The van der Waals surface area contributed by atoms with Gasteiger partial charge in [-0.1, -0.05) is 346 Å². The third-order valence-corrected chi connectivity index (χ3v) is 19.7. The fourth-order valence-corrected chi connectivity index (χ4v) is 13.1. The summed E-state index contributed by atoms with van der Waals surface area (Å²) in [6.07, 6.45) is 72.3. The summed E-state index contributed by atoms with van der Waals surface area (Å²) in [4.78, 5) is 73.0. The zero-order valence-corrected chi connectivity index (χ0v) is 65.9. The van der Waals surface area contributed by atoms with E-state index in [1.807, 2.05) is 12.2 Å². The first-order chi connectivity index (χ1) is 48.7. The predicted octanol–water partition coefficient (Wildman–Crippen LogP) is 23.7. The van der Waals surface area contributed by atoms with Crippen molar-refractivity contribution in [2.75, 3.05) is 39.6 Å². The molecule has 3 N–H and O–H groups in total. The number of rotatable bonds is 78. The molecule has 5 atom stereocenters. The number of phosphoric ester groups is 2. The van der Waals surface area contributed by atoms with Gasteiger partial charge >= 0.3 is 39.5 Å². The smallest absolute Gasteiger partial charge is 0.462 e. The van der Waals surface area contributed by atoms with Crippen molar-refractivity contribution < 1.29 is 80.2 Å². The van der Waals surface area contributed by atoms with Crippen molar-refractivity contribution in [2.24, 2.45) is 0 Å². The van der Waals surface area contributed by atoms with Crippen molar-refractivity contribution in [2.45, 2.75) is 406 Å². The van der Waals surface area contributed by atoms with Crippen LogP contribution >= 0.6 is 15.6 Å². The minimum absolute atomic E-state index is 0.0256. The maximum Gasteiger partial charge on any atom is 0.472 e. The second-order valence-corrected chi connectivity index (χ2v) is 30.6. The van der Waals surface area contributed by atoms with Crippen molar-refractivity contribution >= 4 is 39.5 Å². The largest absolute Gasteiger partial charge is 0.472 e. The molecule has 19 heteroatoms. The highest BCUT2D eigenvalue weighted by Crippen LogP contribution is 2.45. The lowest BCUT2D eigenvalue weighted by molar-refractivity contribution is -0.161. The average molecular weight is 1460 g/mol. The maximum atomic E-state index is 13.1. The molecular formula is C81H150O17P2.